The lowest BCUT2D eigenvalue weighted by atomic mass is 10.1. The molecule has 26 heavy (non-hydrogen) atoms. The van der Waals surface area contributed by atoms with Crippen LogP contribution in [0.1, 0.15) is 12.5 Å². The molecule has 0 aliphatic rings. The van der Waals surface area contributed by atoms with Crippen molar-refractivity contribution in [2.45, 2.75) is 18.5 Å². The second-order valence-corrected chi connectivity index (χ2v) is 6.36. The highest BCUT2D eigenvalue weighted by Gasteiger charge is 2.12. The van der Waals surface area contributed by atoms with Gasteiger partial charge in [0.05, 0.1) is 18.6 Å². The molecule has 1 heterocycles. The van der Waals surface area contributed by atoms with Gasteiger partial charge >= 0.3 is 0 Å². The van der Waals surface area contributed by atoms with Crippen molar-refractivity contribution in [1.82, 2.24) is 20.2 Å². The number of hydrogen-bond acceptors (Lipinski definition) is 6. The Morgan fingerprint density at radius 1 is 1.19 bits per heavy atom. The fourth-order valence-electron chi connectivity index (χ4n) is 2.42. The second-order valence-electron chi connectivity index (χ2n) is 5.42. The maximum absolute atomic E-state index is 12.3. The number of carbonyl (C=O) groups is 1. The average Bonchev–Trinajstić information content (AvgIpc) is 3.15. The van der Waals surface area contributed by atoms with Gasteiger partial charge in [0.15, 0.2) is 0 Å². The van der Waals surface area contributed by atoms with Crippen molar-refractivity contribution in [1.29, 1.82) is 0 Å². The highest BCUT2D eigenvalue weighted by Crippen LogP contribution is 2.21. The Bertz CT molecular complexity index is 879. The number of thioether (sulfide) groups is 1. The zero-order valence-electron chi connectivity index (χ0n) is 14.5. The number of aryl methyl sites for hydroxylation is 1. The van der Waals surface area contributed by atoms with E-state index in [9.17, 15) is 4.79 Å². The van der Waals surface area contributed by atoms with Crippen LogP contribution in [-0.2, 0) is 11.2 Å². The van der Waals surface area contributed by atoms with E-state index in [4.69, 9.17) is 4.74 Å². The number of benzene rings is 2. The molecule has 3 aromatic rings. The van der Waals surface area contributed by atoms with Crippen LogP contribution in [0, 0.1) is 0 Å². The molecule has 7 nitrogen and oxygen atoms in total. The molecular formula is C18H19N5O2S. The van der Waals surface area contributed by atoms with Gasteiger partial charge in [0.2, 0.25) is 11.1 Å². The smallest absolute Gasteiger partial charge is 0.234 e. The fraction of sp³-hybridized carbons (Fsp3) is 0.222. The summed E-state index contributed by atoms with van der Waals surface area (Å²) >= 11 is 1.28. The monoisotopic (exact) mass is 369 g/mol. The predicted molar refractivity (Wildman–Crippen MR) is 101 cm³/mol. The number of nitrogens with one attached hydrogen (secondary N) is 1. The summed E-state index contributed by atoms with van der Waals surface area (Å²) in [7, 11) is 1.61. The molecule has 1 aromatic heterocycles. The molecule has 0 spiro atoms. The number of nitrogens with zero attached hydrogens (tertiary/aromatic N) is 4. The first-order valence-electron chi connectivity index (χ1n) is 8.14. The summed E-state index contributed by atoms with van der Waals surface area (Å²) in [5.74, 6) is 0.874. The van der Waals surface area contributed by atoms with Crippen LogP contribution in [-0.4, -0.2) is 39.0 Å². The molecule has 0 saturated heterocycles. The van der Waals surface area contributed by atoms with Crippen molar-refractivity contribution in [3.05, 3.63) is 54.1 Å². The third kappa shape index (κ3) is 4.20. The summed E-state index contributed by atoms with van der Waals surface area (Å²) < 4.78 is 6.75. The number of methoxy groups -OCH3 is 1. The topological polar surface area (TPSA) is 81.9 Å². The molecule has 0 unspecified atom stereocenters. The Labute approximate surface area is 155 Å². The Morgan fingerprint density at radius 2 is 1.96 bits per heavy atom. The van der Waals surface area contributed by atoms with E-state index < -0.39 is 0 Å². The maximum atomic E-state index is 12.3. The SMILES string of the molecule is CCc1ccccc1NC(=O)CSc1nnnn1-c1ccc(OC)cc1. The van der Waals surface area contributed by atoms with Gasteiger partial charge in [0, 0.05) is 5.69 Å². The van der Waals surface area contributed by atoms with Crippen LogP contribution in [0.2, 0.25) is 0 Å². The first-order chi connectivity index (χ1) is 12.7. The maximum Gasteiger partial charge on any atom is 0.234 e. The molecule has 134 valence electrons. The lowest BCUT2D eigenvalue weighted by Crippen LogP contribution is -2.15. The summed E-state index contributed by atoms with van der Waals surface area (Å²) in [6.45, 7) is 2.06. The van der Waals surface area contributed by atoms with Crippen molar-refractivity contribution in [3.8, 4) is 11.4 Å². The minimum atomic E-state index is -0.0971. The highest BCUT2D eigenvalue weighted by molar-refractivity contribution is 7.99. The van der Waals surface area contributed by atoms with E-state index in [0.29, 0.717) is 5.16 Å². The molecule has 2 aromatic carbocycles. The quantitative estimate of drug-likeness (QED) is 0.645. The van der Waals surface area contributed by atoms with Crippen LogP contribution in [0.25, 0.3) is 5.69 Å². The minimum absolute atomic E-state index is 0.0971. The molecule has 0 radical (unpaired) electrons. The van der Waals surface area contributed by atoms with E-state index >= 15 is 0 Å². The minimum Gasteiger partial charge on any atom is -0.497 e. The van der Waals surface area contributed by atoms with Crippen LogP contribution in [0.15, 0.2) is 53.7 Å². The fourth-order valence-corrected chi connectivity index (χ4v) is 3.11. The number of amides is 1. The summed E-state index contributed by atoms with van der Waals surface area (Å²) in [4.78, 5) is 12.3. The molecule has 0 saturated carbocycles. The van der Waals surface area contributed by atoms with Gasteiger partial charge in [0.25, 0.3) is 0 Å². The second kappa shape index (κ2) is 8.48. The average molecular weight is 369 g/mol. The third-order valence-corrected chi connectivity index (χ3v) is 4.68. The van der Waals surface area contributed by atoms with E-state index in [-0.39, 0.29) is 11.7 Å². The number of carbonyl (C=O) groups excluding carboxylic acids is 1. The number of tetrazole rings is 1. The first kappa shape index (κ1) is 17.9. The number of ether oxygens (including phenoxy) is 1. The van der Waals surface area contributed by atoms with Crippen LogP contribution >= 0.6 is 11.8 Å². The number of para-hydroxylation sites is 1. The van der Waals surface area contributed by atoms with Gasteiger partial charge in [-0.05, 0) is 52.7 Å². The first-order valence-corrected chi connectivity index (χ1v) is 9.13. The highest BCUT2D eigenvalue weighted by atomic mass is 32.2. The van der Waals surface area contributed by atoms with Crippen LogP contribution in [0.4, 0.5) is 5.69 Å². The standard InChI is InChI=1S/C18H19N5O2S/c1-3-13-6-4-5-7-16(13)19-17(24)12-26-18-20-21-22-23(18)14-8-10-15(25-2)11-9-14/h4-11H,3,12H2,1-2H3,(H,19,24). The number of aromatic nitrogens is 4. The Hall–Kier alpha value is -2.87. The number of anilines is 1. The van der Waals surface area contributed by atoms with Crippen molar-refractivity contribution >= 4 is 23.4 Å². The molecule has 0 fully saturated rings. The van der Waals surface area contributed by atoms with Gasteiger partial charge in [0.1, 0.15) is 5.75 Å². The van der Waals surface area contributed by atoms with Crippen molar-refractivity contribution < 1.29 is 9.53 Å². The lowest BCUT2D eigenvalue weighted by molar-refractivity contribution is -0.113. The van der Waals surface area contributed by atoms with Crippen molar-refractivity contribution in [2.75, 3.05) is 18.2 Å². The normalized spacial score (nSPS) is 10.5. The number of hydrogen-bond donors (Lipinski definition) is 1. The summed E-state index contributed by atoms with van der Waals surface area (Å²) in [5.41, 5.74) is 2.75. The third-order valence-electron chi connectivity index (χ3n) is 3.76. The molecule has 8 heteroatoms. The van der Waals surface area contributed by atoms with E-state index in [0.717, 1.165) is 29.1 Å². The Balaban J connectivity index is 1.65. The Kier molecular flexibility index (Phi) is 5.85. The van der Waals surface area contributed by atoms with Gasteiger partial charge < -0.3 is 10.1 Å². The van der Waals surface area contributed by atoms with E-state index in [1.807, 2.05) is 48.5 Å². The van der Waals surface area contributed by atoms with E-state index in [2.05, 4.69) is 27.8 Å². The molecule has 0 bridgehead atoms. The van der Waals surface area contributed by atoms with E-state index in [1.54, 1.807) is 11.8 Å². The molecule has 0 atom stereocenters. The van der Waals surface area contributed by atoms with Gasteiger partial charge in [-0.3, -0.25) is 4.79 Å². The predicted octanol–water partition coefficient (Wildman–Crippen LogP) is 2.96. The molecule has 3 rings (SSSR count). The van der Waals surface area contributed by atoms with Crippen LogP contribution in [0.5, 0.6) is 5.75 Å². The summed E-state index contributed by atoms with van der Waals surface area (Å²) in [6, 6.07) is 15.2. The summed E-state index contributed by atoms with van der Waals surface area (Å²) in [5, 5.41) is 15.2. The summed E-state index contributed by atoms with van der Waals surface area (Å²) in [6.07, 6.45) is 0.860. The van der Waals surface area contributed by atoms with Crippen molar-refractivity contribution in [2.24, 2.45) is 0 Å². The largest absolute Gasteiger partial charge is 0.497 e. The van der Waals surface area contributed by atoms with Crippen LogP contribution < -0.4 is 10.1 Å². The van der Waals surface area contributed by atoms with Crippen LogP contribution in [0.3, 0.4) is 0 Å². The zero-order chi connectivity index (χ0) is 18.4. The number of rotatable bonds is 7. The molecule has 1 N–H and O–H groups in total. The molecule has 1 amide bonds. The zero-order valence-corrected chi connectivity index (χ0v) is 15.4. The van der Waals surface area contributed by atoms with Gasteiger partial charge in [-0.2, -0.15) is 4.68 Å². The van der Waals surface area contributed by atoms with Gasteiger partial charge in [-0.1, -0.05) is 36.9 Å². The Morgan fingerprint density at radius 3 is 2.69 bits per heavy atom. The van der Waals surface area contributed by atoms with Crippen molar-refractivity contribution in [3.63, 3.8) is 0 Å². The van der Waals surface area contributed by atoms with E-state index in [1.165, 1.54) is 11.8 Å². The molecular weight excluding hydrogens is 350 g/mol. The van der Waals surface area contributed by atoms with Gasteiger partial charge in [-0.25, -0.2) is 0 Å². The van der Waals surface area contributed by atoms with Gasteiger partial charge in [-0.15, -0.1) is 5.10 Å². The molecule has 0 aliphatic carbocycles. The lowest BCUT2D eigenvalue weighted by Gasteiger charge is -2.09. The molecule has 0 aliphatic heterocycles.